The zero-order valence-corrected chi connectivity index (χ0v) is 46.3. The maximum atomic E-state index is 14.2. The topological polar surface area (TPSA) is 446 Å². The van der Waals surface area contributed by atoms with Crippen molar-refractivity contribution in [2.24, 2.45) is 29.4 Å². The first-order valence-electron chi connectivity index (χ1n) is 26.2. The van der Waals surface area contributed by atoms with Gasteiger partial charge in [0.05, 0.1) is 19.3 Å². The summed E-state index contributed by atoms with van der Waals surface area (Å²) in [4.78, 5) is 121. The molecule has 446 valence electrons. The zero-order valence-electron chi connectivity index (χ0n) is 46.3. The van der Waals surface area contributed by atoms with E-state index in [1.807, 2.05) is 0 Å². The van der Waals surface area contributed by atoms with Gasteiger partial charge < -0.3 is 103 Å². The quantitative estimate of drug-likeness (QED) is 0.0384. The number of hydrogen-bond acceptors (Lipinski definition) is 20. The molecule has 78 heavy (non-hydrogen) atoms. The Morgan fingerprint density at radius 2 is 1.05 bits per heavy atom. The second-order valence-corrected chi connectivity index (χ2v) is 21.5. The van der Waals surface area contributed by atoms with Gasteiger partial charge in [-0.15, -0.1) is 0 Å². The predicted molar refractivity (Wildman–Crippen MR) is 271 cm³/mol. The molecule has 0 radical (unpaired) electrons. The van der Waals surface area contributed by atoms with E-state index in [9.17, 15) is 78.9 Å². The lowest BCUT2D eigenvalue weighted by atomic mass is 9.95. The third-order valence-electron chi connectivity index (χ3n) is 13.8. The fraction of sp³-hybridized carbons (Fsp3) is 0.816. The van der Waals surface area contributed by atoms with Crippen LogP contribution >= 0.6 is 0 Å². The number of carbonyl (C=O) groups excluding carboxylic acids is 8. The van der Waals surface area contributed by atoms with Crippen LogP contribution in [0.2, 0.25) is 0 Å². The lowest BCUT2D eigenvalue weighted by molar-refractivity contribution is -0.347. The molecule has 29 nitrogen and oxygen atoms in total. The number of nitrogens with two attached hydrogens (primary N) is 1. The van der Waals surface area contributed by atoms with Crippen LogP contribution in [0.1, 0.15) is 95.9 Å². The van der Waals surface area contributed by atoms with Crippen molar-refractivity contribution in [3.05, 3.63) is 0 Å². The van der Waals surface area contributed by atoms with Crippen molar-refractivity contribution in [3.63, 3.8) is 0 Å². The summed E-state index contributed by atoms with van der Waals surface area (Å²) in [5.74, 6) is -9.26. The number of hydrogen-bond donors (Lipinski definition) is 15. The molecule has 0 saturated carbocycles. The molecule has 3 rings (SSSR count). The fourth-order valence-corrected chi connectivity index (χ4v) is 8.95. The van der Waals surface area contributed by atoms with E-state index < -0.39 is 206 Å². The van der Waals surface area contributed by atoms with E-state index in [2.05, 4.69) is 37.2 Å². The SMILES string of the molecule is CC(=O)NC1[C@@H](OC(C)[C@H](N)C(=O)NC(C(=O)N2CCC[C@H]2C(=O)NC(C)C(=O)N[C@@H](C)C(=O)NC(C(=O)N[C@H](C(=O)NC(C(=O)O)C(C)C)C(C)C)C(C)C)C(C)C)OC(CO)[C@H](O)[C@@H]1O[C@@H]1OC(CO)[C@H](O)C(O)[C@@H]1O. The van der Waals surface area contributed by atoms with E-state index in [1.54, 1.807) is 55.4 Å². The van der Waals surface area contributed by atoms with Gasteiger partial charge in [0.25, 0.3) is 0 Å². The highest BCUT2D eigenvalue weighted by atomic mass is 16.7. The van der Waals surface area contributed by atoms with Crippen LogP contribution in [0.15, 0.2) is 0 Å². The van der Waals surface area contributed by atoms with E-state index in [0.29, 0.717) is 6.42 Å². The predicted octanol–water partition coefficient (Wildman–Crippen LogP) is -5.87. The molecule has 3 fully saturated rings. The fourth-order valence-electron chi connectivity index (χ4n) is 8.95. The van der Waals surface area contributed by atoms with Gasteiger partial charge in [-0.1, -0.05) is 55.4 Å². The number of aliphatic hydroxyl groups is 6. The Morgan fingerprint density at radius 1 is 0.590 bits per heavy atom. The van der Waals surface area contributed by atoms with Crippen LogP contribution in [0.25, 0.3) is 0 Å². The number of rotatable bonds is 26. The molecule has 29 heteroatoms. The van der Waals surface area contributed by atoms with Crippen LogP contribution < -0.4 is 43.0 Å². The average Bonchev–Trinajstić information content (AvgIpc) is 3.87. The van der Waals surface area contributed by atoms with E-state index >= 15 is 0 Å². The Bertz CT molecular complexity index is 2080. The monoisotopic (exact) mass is 1120 g/mol. The van der Waals surface area contributed by atoms with Crippen LogP contribution in [-0.4, -0.2) is 229 Å². The van der Waals surface area contributed by atoms with Gasteiger partial charge in [0, 0.05) is 13.5 Å². The maximum absolute atomic E-state index is 14.2. The van der Waals surface area contributed by atoms with E-state index in [-0.39, 0.29) is 13.0 Å². The molecule has 3 saturated heterocycles. The first-order valence-corrected chi connectivity index (χ1v) is 26.2. The van der Waals surface area contributed by atoms with E-state index in [1.165, 1.54) is 25.7 Å². The van der Waals surface area contributed by atoms with Crippen LogP contribution in [0.4, 0.5) is 0 Å². The summed E-state index contributed by atoms with van der Waals surface area (Å²) in [7, 11) is 0. The van der Waals surface area contributed by atoms with Crippen molar-refractivity contribution in [1.29, 1.82) is 0 Å². The van der Waals surface area contributed by atoms with Gasteiger partial charge in [0.15, 0.2) is 12.6 Å². The lowest BCUT2D eigenvalue weighted by Gasteiger charge is -2.48. The Kier molecular flexibility index (Phi) is 25.7. The number of aliphatic carboxylic acids is 1. The minimum atomic E-state index is -1.93. The van der Waals surface area contributed by atoms with Gasteiger partial charge in [-0.05, 0) is 57.3 Å². The molecule has 3 aliphatic rings. The Labute approximate surface area is 453 Å². The third-order valence-corrected chi connectivity index (χ3v) is 13.8. The lowest BCUT2D eigenvalue weighted by Crippen LogP contribution is -2.68. The van der Waals surface area contributed by atoms with Crippen molar-refractivity contribution in [2.75, 3.05) is 19.8 Å². The van der Waals surface area contributed by atoms with Crippen molar-refractivity contribution in [2.45, 2.75) is 212 Å². The van der Waals surface area contributed by atoms with Crippen LogP contribution in [-0.2, 0) is 62.1 Å². The van der Waals surface area contributed by atoms with Gasteiger partial charge in [-0.3, -0.25) is 38.4 Å². The molecular weight excluding hydrogens is 1030 g/mol. The highest BCUT2D eigenvalue weighted by Gasteiger charge is 2.52. The van der Waals surface area contributed by atoms with E-state index in [4.69, 9.17) is 24.7 Å². The number of nitrogens with one attached hydrogen (secondary N) is 7. The van der Waals surface area contributed by atoms with Crippen molar-refractivity contribution in [1.82, 2.24) is 42.1 Å². The molecule has 0 aromatic rings. The van der Waals surface area contributed by atoms with Crippen molar-refractivity contribution in [3.8, 4) is 0 Å². The van der Waals surface area contributed by atoms with Crippen molar-refractivity contribution >= 4 is 53.2 Å². The molecule has 3 heterocycles. The van der Waals surface area contributed by atoms with Gasteiger partial charge in [0.2, 0.25) is 47.3 Å². The molecule has 0 aliphatic carbocycles. The average molecular weight is 1120 g/mol. The highest BCUT2D eigenvalue weighted by Crippen LogP contribution is 2.31. The summed E-state index contributed by atoms with van der Waals surface area (Å²) < 4.78 is 23.1. The van der Waals surface area contributed by atoms with Crippen LogP contribution in [0.5, 0.6) is 0 Å². The number of ether oxygens (including phenoxy) is 4. The summed E-state index contributed by atoms with van der Waals surface area (Å²) in [5, 5.41) is 89.6. The summed E-state index contributed by atoms with van der Waals surface area (Å²) in [6, 6.07) is -11.4. The second kappa shape index (κ2) is 29.8. The molecule has 9 unspecified atom stereocenters. The number of aliphatic hydroxyl groups excluding tert-OH is 6. The minimum absolute atomic E-state index is 0.0983. The minimum Gasteiger partial charge on any atom is -0.480 e. The second-order valence-electron chi connectivity index (χ2n) is 21.5. The maximum Gasteiger partial charge on any atom is 0.326 e. The smallest absolute Gasteiger partial charge is 0.326 e. The zero-order chi connectivity index (χ0) is 59.4. The van der Waals surface area contributed by atoms with Gasteiger partial charge in [-0.25, -0.2) is 4.79 Å². The number of carboxylic acid groups (broad SMARTS) is 1. The first kappa shape index (κ1) is 67.1. The van der Waals surface area contributed by atoms with Crippen LogP contribution in [0.3, 0.4) is 0 Å². The number of carboxylic acids is 1. The van der Waals surface area contributed by atoms with E-state index in [0.717, 1.165) is 6.92 Å². The molecule has 0 aromatic heterocycles. The Balaban J connectivity index is 1.67. The summed E-state index contributed by atoms with van der Waals surface area (Å²) in [5.41, 5.74) is 6.37. The Hall–Kier alpha value is -5.21. The molecule has 0 spiro atoms. The summed E-state index contributed by atoms with van der Waals surface area (Å²) >= 11 is 0. The highest BCUT2D eigenvalue weighted by molar-refractivity contribution is 5.97. The molecule has 8 amide bonds. The number of likely N-dealkylation sites (tertiary alicyclic amines) is 1. The number of carbonyl (C=O) groups is 9. The van der Waals surface area contributed by atoms with Crippen LogP contribution in [0, 0.1) is 23.7 Å². The summed E-state index contributed by atoms with van der Waals surface area (Å²) in [6.45, 7) is 16.7. The number of nitrogens with zero attached hydrogens (tertiary/aromatic N) is 1. The molecule has 0 bridgehead atoms. The molecule has 16 N–H and O–H groups in total. The van der Waals surface area contributed by atoms with Gasteiger partial charge in [0.1, 0.15) is 97.1 Å². The summed E-state index contributed by atoms with van der Waals surface area (Å²) in [6.07, 6.45) is -16.0. The van der Waals surface area contributed by atoms with Gasteiger partial charge in [-0.2, -0.15) is 0 Å². The molecule has 0 aromatic carbocycles. The van der Waals surface area contributed by atoms with Gasteiger partial charge >= 0.3 is 5.97 Å². The molecular formula is C49H85N9O20. The first-order chi connectivity index (χ1) is 36.3. The molecule has 3 aliphatic heterocycles. The number of amides is 8. The largest absolute Gasteiger partial charge is 0.480 e. The standard InChI is InChI=1S/C49H85N9O20/c1-18(2)30(44(70)55-31(19(3)4)45(71)57-33(21(7)8)47(73)74)54-41(67)23(10)51-40(66)22(9)52-42(68)26-14-13-15-58(26)46(72)32(20(5)6)56-43(69)29(50)24(11)75-48-34(53-25(12)61)39(36(63)28(17-60)76-48)78-49-38(65)37(64)35(62)27(16-59)77-49/h18-24,26-39,48-49,59-60,62-65H,13-17,50H2,1-12H3,(H,51,66)(H,52,68)(H,53,61)(H,54,67)(H,55,70)(H,56,69)(H,57,71)(H,73,74)/t22?,23-,24?,26-,27?,28?,29-,30?,31-,32?,33?,34?,35-,36-,37?,38-,39+,48-,49-/m0/s1. The normalized spacial score (nSPS) is 28.6. The van der Waals surface area contributed by atoms with Crippen molar-refractivity contribution < 1.29 is 97.8 Å². The third kappa shape index (κ3) is 17.4. The Morgan fingerprint density at radius 3 is 1.55 bits per heavy atom. The molecule has 19 atom stereocenters.